The second kappa shape index (κ2) is 6.37. The van der Waals surface area contributed by atoms with Crippen molar-refractivity contribution in [3.05, 3.63) is 52.0 Å². The van der Waals surface area contributed by atoms with Gasteiger partial charge in [0.1, 0.15) is 0 Å². The third-order valence-corrected chi connectivity index (χ3v) is 4.64. The third kappa shape index (κ3) is 3.49. The number of nitrogens with zero attached hydrogens (tertiary/aromatic N) is 2. The first-order valence-electron chi connectivity index (χ1n) is 7.15. The van der Waals surface area contributed by atoms with Gasteiger partial charge < -0.3 is 5.11 Å². The fourth-order valence-corrected chi connectivity index (χ4v) is 3.46. The lowest BCUT2D eigenvalue weighted by atomic mass is 9.90. The molecule has 0 radical (unpaired) electrons. The fraction of sp³-hybridized carbons (Fsp3) is 0.375. The van der Waals surface area contributed by atoms with Crippen molar-refractivity contribution in [2.24, 2.45) is 0 Å². The van der Waals surface area contributed by atoms with E-state index in [0.29, 0.717) is 11.5 Å². The predicted octanol–water partition coefficient (Wildman–Crippen LogP) is 3.22. The first-order chi connectivity index (χ1) is 10.2. The topological polar surface area (TPSA) is 53.4 Å². The number of aromatic carboxylic acids is 1. The van der Waals surface area contributed by atoms with Crippen molar-refractivity contribution in [2.75, 3.05) is 13.1 Å². The van der Waals surface area contributed by atoms with E-state index in [9.17, 15) is 4.79 Å². The van der Waals surface area contributed by atoms with Gasteiger partial charge in [0.25, 0.3) is 0 Å². The van der Waals surface area contributed by atoms with E-state index in [1.54, 1.807) is 23.5 Å². The van der Waals surface area contributed by atoms with Crippen LogP contribution in [0, 0.1) is 0 Å². The first-order valence-corrected chi connectivity index (χ1v) is 8.09. The molecule has 1 aliphatic rings. The molecular weight excluding hydrogens is 284 g/mol. The summed E-state index contributed by atoms with van der Waals surface area (Å²) in [5.41, 5.74) is 4.61. The van der Waals surface area contributed by atoms with Crippen molar-refractivity contribution in [1.29, 1.82) is 0 Å². The van der Waals surface area contributed by atoms with Gasteiger partial charge in [-0.2, -0.15) is 0 Å². The van der Waals surface area contributed by atoms with Crippen LogP contribution in [0.3, 0.4) is 0 Å². The maximum absolute atomic E-state index is 10.9. The van der Waals surface area contributed by atoms with Crippen LogP contribution in [-0.2, 0) is 6.54 Å². The molecule has 1 atom stereocenters. The Labute approximate surface area is 128 Å². The minimum Gasteiger partial charge on any atom is -0.478 e. The molecule has 0 unspecified atom stereocenters. The molecule has 5 heteroatoms. The van der Waals surface area contributed by atoms with E-state index in [0.717, 1.165) is 25.3 Å². The molecule has 1 saturated heterocycles. The molecule has 110 valence electrons. The van der Waals surface area contributed by atoms with Crippen molar-refractivity contribution in [1.82, 2.24) is 9.88 Å². The number of carboxylic acid groups (broad SMARTS) is 1. The fourth-order valence-electron chi connectivity index (χ4n) is 2.91. The van der Waals surface area contributed by atoms with Crippen LogP contribution in [0.5, 0.6) is 0 Å². The van der Waals surface area contributed by atoms with E-state index in [4.69, 9.17) is 5.11 Å². The summed E-state index contributed by atoms with van der Waals surface area (Å²) in [6, 6.07) is 7.33. The quantitative estimate of drug-likeness (QED) is 0.942. The lowest BCUT2D eigenvalue weighted by Crippen LogP contribution is -2.33. The second-order valence-corrected chi connectivity index (χ2v) is 6.20. The van der Waals surface area contributed by atoms with Crippen LogP contribution in [0.4, 0.5) is 0 Å². The highest BCUT2D eigenvalue weighted by molar-refractivity contribution is 7.07. The number of carbonyl (C=O) groups is 1. The van der Waals surface area contributed by atoms with Gasteiger partial charge in [-0.15, -0.1) is 11.3 Å². The van der Waals surface area contributed by atoms with E-state index < -0.39 is 5.97 Å². The minimum absolute atomic E-state index is 0.355. The normalized spacial score (nSPS) is 19.5. The van der Waals surface area contributed by atoms with Crippen LogP contribution in [-0.4, -0.2) is 34.0 Å². The molecule has 3 rings (SSSR count). The molecule has 1 fully saturated rings. The van der Waals surface area contributed by atoms with Crippen LogP contribution in [0.15, 0.2) is 35.2 Å². The molecule has 1 N–H and O–H groups in total. The Kier molecular flexibility index (Phi) is 4.31. The van der Waals surface area contributed by atoms with Gasteiger partial charge in [-0.05, 0) is 43.0 Å². The summed E-state index contributed by atoms with van der Waals surface area (Å²) in [5, 5.41) is 11.1. The third-order valence-electron chi connectivity index (χ3n) is 4.00. The Hall–Kier alpha value is -1.72. The number of hydrogen-bond donors (Lipinski definition) is 1. The van der Waals surface area contributed by atoms with Gasteiger partial charge in [0.2, 0.25) is 0 Å². The van der Waals surface area contributed by atoms with E-state index in [2.05, 4.69) is 15.3 Å². The van der Waals surface area contributed by atoms with Gasteiger partial charge >= 0.3 is 5.97 Å². The van der Waals surface area contributed by atoms with Crippen molar-refractivity contribution in [2.45, 2.75) is 25.3 Å². The molecule has 0 spiro atoms. The zero-order chi connectivity index (χ0) is 14.7. The van der Waals surface area contributed by atoms with Crippen LogP contribution >= 0.6 is 11.3 Å². The summed E-state index contributed by atoms with van der Waals surface area (Å²) >= 11 is 1.64. The van der Waals surface area contributed by atoms with Gasteiger partial charge in [-0.25, -0.2) is 9.78 Å². The molecule has 1 aromatic heterocycles. The molecule has 4 nitrogen and oxygen atoms in total. The lowest BCUT2D eigenvalue weighted by Gasteiger charge is -2.32. The van der Waals surface area contributed by atoms with Gasteiger partial charge in [0.15, 0.2) is 0 Å². The maximum Gasteiger partial charge on any atom is 0.335 e. The number of hydrogen-bond acceptors (Lipinski definition) is 4. The predicted molar refractivity (Wildman–Crippen MR) is 82.8 cm³/mol. The molecule has 0 amide bonds. The maximum atomic E-state index is 10.9. The second-order valence-electron chi connectivity index (χ2n) is 5.48. The SMILES string of the molecule is O=C(O)c1ccc([C@H]2CCCN(Cc3cscn3)C2)cc1. The highest BCUT2D eigenvalue weighted by Gasteiger charge is 2.21. The Morgan fingerprint density at radius 1 is 1.38 bits per heavy atom. The zero-order valence-electron chi connectivity index (χ0n) is 11.7. The number of carboxylic acids is 1. The summed E-state index contributed by atoms with van der Waals surface area (Å²) < 4.78 is 0. The average Bonchev–Trinajstić information content (AvgIpc) is 3.00. The van der Waals surface area contributed by atoms with E-state index in [1.807, 2.05) is 17.6 Å². The number of likely N-dealkylation sites (tertiary alicyclic amines) is 1. The number of benzene rings is 1. The number of thiazole rings is 1. The Morgan fingerprint density at radius 3 is 2.86 bits per heavy atom. The zero-order valence-corrected chi connectivity index (χ0v) is 12.6. The Balaban J connectivity index is 1.66. The van der Waals surface area contributed by atoms with Gasteiger partial charge in [-0.1, -0.05) is 12.1 Å². The molecule has 2 aromatic rings. The van der Waals surface area contributed by atoms with Crippen LogP contribution < -0.4 is 0 Å². The van der Waals surface area contributed by atoms with Crippen LogP contribution in [0.2, 0.25) is 0 Å². The molecule has 1 aliphatic heterocycles. The van der Waals surface area contributed by atoms with E-state index in [1.165, 1.54) is 18.4 Å². The van der Waals surface area contributed by atoms with Crippen LogP contribution in [0.1, 0.15) is 40.4 Å². The summed E-state index contributed by atoms with van der Waals surface area (Å²) in [7, 11) is 0. The molecule has 21 heavy (non-hydrogen) atoms. The molecule has 0 saturated carbocycles. The Morgan fingerprint density at radius 2 is 2.19 bits per heavy atom. The summed E-state index contributed by atoms with van der Waals surface area (Å²) in [5.74, 6) is -0.379. The lowest BCUT2D eigenvalue weighted by molar-refractivity contribution is 0.0697. The van der Waals surface area contributed by atoms with E-state index >= 15 is 0 Å². The van der Waals surface area contributed by atoms with Crippen molar-refractivity contribution in [3.63, 3.8) is 0 Å². The van der Waals surface area contributed by atoms with Gasteiger partial charge in [0, 0.05) is 18.5 Å². The summed E-state index contributed by atoms with van der Waals surface area (Å²) in [6.45, 7) is 3.04. The summed E-state index contributed by atoms with van der Waals surface area (Å²) in [6.07, 6.45) is 2.34. The van der Waals surface area contributed by atoms with Crippen molar-refractivity contribution < 1.29 is 9.90 Å². The molecule has 2 heterocycles. The van der Waals surface area contributed by atoms with Crippen LogP contribution in [0.25, 0.3) is 0 Å². The number of piperidine rings is 1. The van der Waals surface area contributed by atoms with Crippen molar-refractivity contribution >= 4 is 17.3 Å². The minimum atomic E-state index is -0.865. The number of rotatable bonds is 4. The number of aromatic nitrogens is 1. The van der Waals surface area contributed by atoms with Gasteiger partial charge in [-0.3, -0.25) is 4.90 Å². The Bertz CT molecular complexity index is 595. The average molecular weight is 302 g/mol. The van der Waals surface area contributed by atoms with Gasteiger partial charge in [0.05, 0.1) is 16.8 Å². The summed E-state index contributed by atoms with van der Waals surface area (Å²) in [4.78, 5) is 17.7. The molecule has 0 bridgehead atoms. The molecular formula is C16H18N2O2S. The highest BCUT2D eigenvalue weighted by atomic mass is 32.1. The smallest absolute Gasteiger partial charge is 0.335 e. The molecule has 1 aromatic carbocycles. The highest BCUT2D eigenvalue weighted by Crippen LogP contribution is 2.28. The standard InChI is InChI=1S/C16H18N2O2S/c19-16(20)13-5-3-12(4-6-13)14-2-1-7-18(8-14)9-15-10-21-11-17-15/h3-6,10-11,14H,1-2,7-9H2,(H,19,20)/t14-/m0/s1. The largest absolute Gasteiger partial charge is 0.478 e. The van der Waals surface area contributed by atoms with Crippen molar-refractivity contribution in [3.8, 4) is 0 Å². The first kappa shape index (κ1) is 14.2. The monoisotopic (exact) mass is 302 g/mol. The van der Waals surface area contributed by atoms with E-state index in [-0.39, 0.29) is 0 Å². The molecule has 0 aliphatic carbocycles.